The number of carbonyl (C=O) groups is 4. The summed E-state index contributed by atoms with van der Waals surface area (Å²) in [4.78, 5) is 60.7. The normalized spacial score (nSPS) is 21.0. The number of fused-ring (bicyclic) bond motifs is 1. The number of nitrogens with two attached hydrogens (primary N) is 1. The Labute approximate surface area is 236 Å². The van der Waals surface area contributed by atoms with Crippen LogP contribution in [0.15, 0.2) is 51.2 Å². The maximum atomic E-state index is 13.2. The van der Waals surface area contributed by atoms with E-state index in [0.29, 0.717) is 5.57 Å². The first-order valence-electron chi connectivity index (χ1n) is 11.8. The molecule has 0 unspecified atom stereocenters. The molecule has 40 heavy (non-hydrogen) atoms. The molecule has 2 aliphatic heterocycles. The number of amides is 2. The third-order valence-electron chi connectivity index (χ3n) is 6.10. The average Bonchev–Trinajstić information content (AvgIpc) is 3.32. The molecule has 0 saturated carbocycles. The Bertz CT molecular complexity index is 1420. The Hall–Kier alpha value is -4.02. The van der Waals surface area contributed by atoms with E-state index in [0.717, 1.165) is 21.1 Å². The molecule has 0 bridgehead atoms. The lowest BCUT2D eigenvalue weighted by atomic mass is 9.96. The number of aryl methyl sites for hydroxylation is 1. The second kappa shape index (κ2) is 11.2. The number of aromatic nitrogens is 2. The van der Waals surface area contributed by atoms with Crippen LogP contribution in [0.4, 0.5) is 5.13 Å². The summed E-state index contributed by atoms with van der Waals surface area (Å²) in [7, 11) is 1.87. The molecule has 4 N–H and O–H groups in total. The van der Waals surface area contributed by atoms with Crippen LogP contribution in [0.3, 0.4) is 0 Å². The smallest absolute Gasteiger partial charge is 0.350 e. The van der Waals surface area contributed by atoms with Gasteiger partial charge in [0.05, 0.1) is 17.8 Å². The summed E-state index contributed by atoms with van der Waals surface area (Å²) in [5.74, 6) is -4.32. The number of oxime groups is 1. The monoisotopic (exact) mass is 590 g/mol. The zero-order chi connectivity index (χ0) is 29.4. The first kappa shape index (κ1) is 29.0. The predicted molar refractivity (Wildman–Crippen MR) is 139 cm³/mol. The minimum absolute atomic E-state index is 0.00751. The van der Waals surface area contributed by atoms with Gasteiger partial charge in [0.25, 0.3) is 11.8 Å². The Morgan fingerprint density at radius 2 is 2.05 bits per heavy atom. The van der Waals surface area contributed by atoms with Crippen LogP contribution in [0.1, 0.15) is 26.5 Å². The lowest BCUT2D eigenvalue weighted by Crippen LogP contribution is -2.74. The average molecular weight is 591 g/mol. The van der Waals surface area contributed by atoms with E-state index >= 15 is 0 Å². The summed E-state index contributed by atoms with van der Waals surface area (Å²) in [6.45, 7) is 4.11. The molecule has 0 spiro atoms. The number of pyridine rings is 1. The summed E-state index contributed by atoms with van der Waals surface area (Å²) >= 11 is 2.38. The molecule has 0 radical (unpaired) electrons. The third kappa shape index (κ3) is 5.78. The zero-order valence-corrected chi connectivity index (χ0v) is 23.4. The van der Waals surface area contributed by atoms with Crippen molar-refractivity contribution in [2.24, 2.45) is 12.2 Å². The molecule has 1 saturated heterocycles. The molecule has 4 heterocycles. The van der Waals surface area contributed by atoms with E-state index < -0.39 is 53.4 Å². The number of nitrogens with one attached hydrogen (secondary N) is 1. The molecule has 16 heteroatoms. The molecule has 2 aromatic heterocycles. The van der Waals surface area contributed by atoms with Crippen LogP contribution in [-0.2, 0) is 35.8 Å². The Morgan fingerprint density at radius 3 is 2.62 bits per heavy atom. The second-order valence-corrected chi connectivity index (χ2v) is 11.3. The van der Waals surface area contributed by atoms with E-state index in [4.69, 9.17) is 15.3 Å². The summed E-state index contributed by atoms with van der Waals surface area (Å²) < 4.78 is 7.81. The maximum absolute atomic E-state index is 13.2. The van der Waals surface area contributed by atoms with Crippen LogP contribution >= 0.6 is 23.1 Å². The van der Waals surface area contributed by atoms with Crippen molar-refractivity contribution in [1.29, 1.82) is 0 Å². The topological polar surface area (TPSA) is 200 Å². The number of β-lactam (4-membered cyclic amide) rings is 1. The van der Waals surface area contributed by atoms with Crippen molar-refractivity contribution in [3.63, 3.8) is 0 Å². The first-order chi connectivity index (χ1) is 18.8. The number of anilines is 1. The van der Waals surface area contributed by atoms with Crippen LogP contribution in [0.2, 0.25) is 0 Å². The first-order valence-corrected chi connectivity index (χ1v) is 13.7. The number of hydrogen-bond donors (Lipinski definition) is 3. The molecule has 0 aromatic carbocycles. The summed E-state index contributed by atoms with van der Waals surface area (Å²) in [5.41, 5.74) is 3.51. The number of nitrogens with zero attached hydrogens (tertiary/aromatic N) is 4. The number of ether oxygens (including phenoxy) is 1. The molecule has 2 aliphatic rings. The van der Waals surface area contributed by atoms with Crippen molar-refractivity contribution in [2.45, 2.75) is 49.6 Å². The van der Waals surface area contributed by atoms with Crippen molar-refractivity contribution in [2.75, 3.05) is 11.5 Å². The summed E-state index contributed by atoms with van der Waals surface area (Å²) in [6, 6.07) is 2.48. The highest BCUT2D eigenvalue weighted by atomic mass is 32.2. The van der Waals surface area contributed by atoms with Gasteiger partial charge in [0.2, 0.25) is 5.60 Å². The van der Waals surface area contributed by atoms with E-state index in [2.05, 4.69) is 15.5 Å². The number of thiazole rings is 1. The number of hydrogen-bond acceptors (Lipinski definition) is 12. The van der Waals surface area contributed by atoms with Crippen molar-refractivity contribution in [3.05, 3.63) is 46.9 Å². The van der Waals surface area contributed by atoms with Gasteiger partial charge in [-0.3, -0.25) is 14.5 Å². The number of nitrogen functional groups attached to an aromatic ring is 1. The van der Waals surface area contributed by atoms with Gasteiger partial charge in [-0.2, -0.15) is 0 Å². The molecule has 2 aromatic rings. The molecular weight excluding hydrogens is 564 g/mol. The van der Waals surface area contributed by atoms with E-state index in [1.807, 2.05) is 36.1 Å². The number of carboxylic acid groups (broad SMARTS) is 2. The second-order valence-electron chi connectivity index (χ2n) is 9.40. The third-order valence-corrected chi connectivity index (χ3v) is 7.84. The van der Waals surface area contributed by atoms with Crippen molar-refractivity contribution in [3.8, 4) is 0 Å². The van der Waals surface area contributed by atoms with Gasteiger partial charge in [-0.25, -0.2) is 14.3 Å². The standard InChI is InChI=1S/C24H26N6O8S2/c1-11-13(9-39-12-5-7-29(4)8-6-12)17(21(33)34)30-19(32)16(20(30)37-11)27-18(31)15(14-10-40-23(25)26-14)28-38-24(2,3)22(35)36/h5-8,10-11,16,20H,9H2,1-4H3,(H4-,25,26,27,31,33,34,35,36)/b28-15+/t11-,16+,20+/m0/s1. The maximum Gasteiger partial charge on any atom is 0.350 e. The number of carboxylic acids is 2. The molecule has 4 rings (SSSR count). The Morgan fingerprint density at radius 1 is 1.38 bits per heavy atom. The summed E-state index contributed by atoms with van der Waals surface area (Å²) in [5, 5.41) is 29.1. The Kier molecular flexibility index (Phi) is 8.13. The number of rotatable bonds is 10. The number of thioether (sulfide) groups is 1. The molecule has 14 nitrogen and oxygen atoms in total. The van der Waals surface area contributed by atoms with Crippen LogP contribution in [0.25, 0.3) is 0 Å². The fourth-order valence-electron chi connectivity index (χ4n) is 3.78. The van der Waals surface area contributed by atoms with Crippen molar-refractivity contribution in [1.82, 2.24) is 15.2 Å². The fourth-order valence-corrected chi connectivity index (χ4v) is 5.34. The highest BCUT2D eigenvalue weighted by Gasteiger charge is 2.55. The van der Waals surface area contributed by atoms with Gasteiger partial charge in [0.1, 0.15) is 12.7 Å². The van der Waals surface area contributed by atoms with Crippen LogP contribution in [0.5, 0.6) is 0 Å². The van der Waals surface area contributed by atoms with Gasteiger partial charge in [0, 0.05) is 28.2 Å². The fraction of sp³-hybridized carbons (Fsp3) is 0.375. The van der Waals surface area contributed by atoms with E-state index in [9.17, 15) is 29.4 Å². The van der Waals surface area contributed by atoms with Gasteiger partial charge in [-0.05, 0) is 26.3 Å². The number of aliphatic carboxylic acids is 2. The molecular formula is C24H26N6O8S2. The SMILES string of the molecule is C[C@@H]1O[C@@H]2[C@H](NC(=O)/C(=N/OC(C)(C)C(=O)O)c3csc(N)n3)C(=O)N2C(C(=O)[O-])=C1CSc1cc[n+](C)cc1. The molecule has 2 amide bonds. The van der Waals surface area contributed by atoms with Crippen molar-refractivity contribution >= 4 is 57.7 Å². The van der Waals surface area contributed by atoms with Gasteiger partial charge >= 0.3 is 5.97 Å². The lowest BCUT2D eigenvalue weighted by Gasteiger charge is -2.52. The Balaban J connectivity index is 1.55. The van der Waals surface area contributed by atoms with Crippen molar-refractivity contribution < 1.29 is 43.5 Å². The molecule has 1 fully saturated rings. The minimum atomic E-state index is -1.78. The van der Waals surface area contributed by atoms with E-state index in [1.165, 1.54) is 31.0 Å². The molecule has 3 atom stereocenters. The summed E-state index contributed by atoms with van der Waals surface area (Å²) in [6.07, 6.45) is 1.87. The molecule has 212 valence electrons. The van der Waals surface area contributed by atoms with Crippen LogP contribution in [-0.4, -0.2) is 74.2 Å². The zero-order valence-electron chi connectivity index (χ0n) is 21.8. The highest BCUT2D eigenvalue weighted by molar-refractivity contribution is 7.99. The predicted octanol–water partition coefficient (Wildman–Crippen LogP) is -0.998. The van der Waals surface area contributed by atoms with E-state index in [-0.39, 0.29) is 22.3 Å². The quantitative estimate of drug-likeness (QED) is 0.101. The molecule has 0 aliphatic carbocycles. The lowest BCUT2D eigenvalue weighted by molar-refractivity contribution is -0.671. The van der Waals surface area contributed by atoms with Gasteiger partial charge < -0.3 is 35.6 Å². The largest absolute Gasteiger partial charge is 0.543 e. The van der Waals surface area contributed by atoms with Crippen LogP contribution in [0, 0.1) is 0 Å². The van der Waals surface area contributed by atoms with Crippen LogP contribution < -0.4 is 20.7 Å². The van der Waals surface area contributed by atoms with Gasteiger partial charge in [0.15, 0.2) is 35.5 Å². The highest BCUT2D eigenvalue weighted by Crippen LogP contribution is 2.37. The van der Waals surface area contributed by atoms with Gasteiger partial charge in [-0.1, -0.05) is 5.16 Å². The van der Waals surface area contributed by atoms with Gasteiger partial charge in [-0.15, -0.1) is 23.1 Å². The number of carbonyl (C=O) groups excluding carboxylic acids is 3. The van der Waals surface area contributed by atoms with E-state index in [1.54, 1.807) is 6.92 Å². The minimum Gasteiger partial charge on any atom is -0.543 e.